The highest BCUT2D eigenvalue weighted by Gasteiger charge is 2.19. The van der Waals surface area contributed by atoms with E-state index in [2.05, 4.69) is 15.0 Å². The molecule has 0 aliphatic carbocycles. The van der Waals surface area contributed by atoms with Crippen LogP contribution in [0.2, 0.25) is 0 Å². The predicted octanol–water partition coefficient (Wildman–Crippen LogP) is 1.74. The first-order chi connectivity index (χ1) is 13.6. The van der Waals surface area contributed by atoms with Gasteiger partial charge in [0.2, 0.25) is 0 Å². The molecule has 2 N–H and O–H groups in total. The highest BCUT2D eigenvalue weighted by molar-refractivity contribution is 5.92. The molecule has 0 radical (unpaired) electrons. The molecule has 1 amide bonds. The highest BCUT2D eigenvalue weighted by atomic mass is 16.5. The summed E-state index contributed by atoms with van der Waals surface area (Å²) >= 11 is 0. The zero-order valence-corrected chi connectivity index (χ0v) is 15.6. The molecule has 2 heterocycles. The van der Waals surface area contributed by atoms with Gasteiger partial charge in [-0.05, 0) is 37.6 Å². The van der Waals surface area contributed by atoms with E-state index in [4.69, 9.17) is 9.84 Å². The standard InChI is InChI=1S/C20H22N4O4/c1-2-28-16-4-5-17-14(11-16)10-15(19(26)23-17)13-24(8-3-9-25)20(27)18-12-21-6-7-22-18/h4-7,10-12,25H,2-3,8-9,13H2,1H3,(H,23,26). The SMILES string of the molecule is CCOc1ccc2[nH]c(=O)c(CN(CCCO)C(=O)c3cnccn3)cc2c1. The number of hydrogen-bond acceptors (Lipinski definition) is 6. The molecule has 0 atom stereocenters. The molecule has 8 heteroatoms. The fourth-order valence-electron chi connectivity index (χ4n) is 2.89. The summed E-state index contributed by atoms with van der Waals surface area (Å²) in [6.07, 6.45) is 4.70. The minimum atomic E-state index is -0.343. The van der Waals surface area contributed by atoms with Crippen LogP contribution >= 0.6 is 0 Å². The number of H-pyrrole nitrogens is 1. The van der Waals surface area contributed by atoms with Gasteiger partial charge in [0.25, 0.3) is 11.5 Å². The molecule has 2 aromatic heterocycles. The fourth-order valence-corrected chi connectivity index (χ4v) is 2.89. The van der Waals surface area contributed by atoms with Gasteiger partial charge in [-0.2, -0.15) is 0 Å². The van der Waals surface area contributed by atoms with Crippen molar-refractivity contribution < 1.29 is 14.6 Å². The zero-order chi connectivity index (χ0) is 19.9. The van der Waals surface area contributed by atoms with Crippen LogP contribution in [-0.2, 0) is 6.54 Å². The summed E-state index contributed by atoms with van der Waals surface area (Å²) in [6, 6.07) is 7.19. The molecule has 0 fully saturated rings. The lowest BCUT2D eigenvalue weighted by atomic mass is 10.1. The van der Waals surface area contributed by atoms with Crippen molar-refractivity contribution in [3.8, 4) is 5.75 Å². The number of nitrogens with one attached hydrogen (secondary N) is 1. The third kappa shape index (κ3) is 4.52. The number of carbonyl (C=O) groups is 1. The predicted molar refractivity (Wildman–Crippen MR) is 104 cm³/mol. The van der Waals surface area contributed by atoms with Crippen LogP contribution in [0.4, 0.5) is 0 Å². The molecular weight excluding hydrogens is 360 g/mol. The lowest BCUT2D eigenvalue weighted by Crippen LogP contribution is -2.34. The lowest BCUT2D eigenvalue weighted by molar-refractivity contribution is 0.0725. The minimum Gasteiger partial charge on any atom is -0.494 e. The van der Waals surface area contributed by atoms with E-state index in [0.717, 1.165) is 5.39 Å². The molecule has 0 saturated heterocycles. The molecule has 3 rings (SSSR count). The number of pyridine rings is 1. The molecule has 0 bridgehead atoms. The maximum absolute atomic E-state index is 12.8. The van der Waals surface area contributed by atoms with Gasteiger partial charge in [0.1, 0.15) is 11.4 Å². The fraction of sp³-hybridized carbons (Fsp3) is 0.300. The van der Waals surface area contributed by atoms with Gasteiger partial charge in [-0.1, -0.05) is 0 Å². The minimum absolute atomic E-state index is 0.0595. The molecule has 146 valence electrons. The van der Waals surface area contributed by atoms with E-state index >= 15 is 0 Å². The van der Waals surface area contributed by atoms with Gasteiger partial charge in [0.15, 0.2) is 0 Å². The molecule has 0 saturated carbocycles. The number of rotatable bonds is 8. The Morgan fingerprint density at radius 1 is 1.29 bits per heavy atom. The van der Waals surface area contributed by atoms with E-state index in [-0.39, 0.29) is 30.3 Å². The van der Waals surface area contributed by atoms with Gasteiger partial charge < -0.3 is 19.7 Å². The van der Waals surface area contributed by atoms with Crippen LogP contribution < -0.4 is 10.3 Å². The summed E-state index contributed by atoms with van der Waals surface area (Å²) in [7, 11) is 0. The van der Waals surface area contributed by atoms with Crippen LogP contribution in [0.1, 0.15) is 29.4 Å². The van der Waals surface area contributed by atoms with Crippen LogP contribution in [0.3, 0.4) is 0 Å². The first-order valence-corrected chi connectivity index (χ1v) is 9.07. The maximum atomic E-state index is 12.8. The quantitative estimate of drug-likeness (QED) is 0.614. The number of amides is 1. The number of aromatic nitrogens is 3. The van der Waals surface area contributed by atoms with Gasteiger partial charge in [0, 0.05) is 42.0 Å². The molecule has 0 unspecified atom stereocenters. The van der Waals surface area contributed by atoms with Crippen molar-refractivity contribution in [2.24, 2.45) is 0 Å². The van der Waals surface area contributed by atoms with Gasteiger partial charge in [-0.25, -0.2) is 4.98 Å². The second-order valence-electron chi connectivity index (χ2n) is 6.20. The average molecular weight is 382 g/mol. The van der Waals surface area contributed by atoms with E-state index < -0.39 is 0 Å². The van der Waals surface area contributed by atoms with Crippen molar-refractivity contribution in [3.63, 3.8) is 0 Å². The van der Waals surface area contributed by atoms with E-state index in [9.17, 15) is 9.59 Å². The Bertz CT molecular complexity index is 1000. The third-order valence-corrected chi connectivity index (χ3v) is 4.22. The van der Waals surface area contributed by atoms with Gasteiger partial charge in [-0.3, -0.25) is 14.6 Å². The number of nitrogens with zero attached hydrogens (tertiary/aromatic N) is 3. The third-order valence-electron chi connectivity index (χ3n) is 4.22. The lowest BCUT2D eigenvalue weighted by Gasteiger charge is -2.22. The van der Waals surface area contributed by atoms with Gasteiger partial charge >= 0.3 is 0 Å². The van der Waals surface area contributed by atoms with Crippen molar-refractivity contribution in [2.45, 2.75) is 19.9 Å². The number of ether oxygens (including phenoxy) is 1. The van der Waals surface area contributed by atoms with Crippen molar-refractivity contribution >= 4 is 16.8 Å². The number of aliphatic hydroxyl groups excluding tert-OH is 1. The monoisotopic (exact) mass is 382 g/mol. The number of hydrogen-bond donors (Lipinski definition) is 2. The summed E-state index contributed by atoms with van der Waals surface area (Å²) in [5.74, 6) is 0.366. The van der Waals surface area contributed by atoms with E-state index in [1.54, 1.807) is 18.2 Å². The second kappa shape index (κ2) is 9.09. The summed E-state index contributed by atoms with van der Waals surface area (Å²) in [6.45, 7) is 2.78. The Kier molecular flexibility index (Phi) is 6.33. The molecule has 0 aliphatic heterocycles. The van der Waals surface area contributed by atoms with Crippen LogP contribution in [0, 0.1) is 0 Å². The molecule has 0 spiro atoms. The topological polar surface area (TPSA) is 108 Å². The molecule has 28 heavy (non-hydrogen) atoms. The Morgan fingerprint density at radius 2 is 2.14 bits per heavy atom. The van der Waals surface area contributed by atoms with Crippen molar-refractivity contribution in [3.05, 3.63) is 64.5 Å². The van der Waals surface area contributed by atoms with Crippen LogP contribution in [0.5, 0.6) is 5.75 Å². The number of aromatic amines is 1. The Hall–Kier alpha value is -3.26. The number of aliphatic hydroxyl groups is 1. The second-order valence-corrected chi connectivity index (χ2v) is 6.20. The Labute approximate surface area is 161 Å². The Morgan fingerprint density at radius 3 is 2.86 bits per heavy atom. The van der Waals surface area contributed by atoms with E-state index in [0.29, 0.717) is 36.4 Å². The van der Waals surface area contributed by atoms with Gasteiger partial charge in [-0.15, -0.1) is 0 Å². The average Bonchev–Trinajstić information content (AvgIpc) is 2.72. The first kappa shape index (κ1) is 19.5. The van der Waals surface area contributed by atoms with E-state index in [1.165, 1.54) is 23.5 Å². The highest BCUT2D eigenvalue weighted by Crippen LogP contribution is 2.20. The van der Waals surface area contributed by atoms with Gasteiger partial charge in [0.05, 0.1) is 19.3 Å². The molecular formula is C20H22N4O4. The van der Waals surface area contributed by atoms with Crippen molar-refractivity contribution in [2.75, 3.05) is 19.8 Å². The van der Waals surface area contributed by atoms with Crippen LogP contribution in [0.15, 0.2) is 47.7 Å². The number of carbonyl (C=O) groups excluding carboxylic acids is 1. The maximum Gasteiger partial charge on any atom is 0.274 e. The van der Waals surface area contributed by atoms with Crippen LogP contribution in [0.25, 0.3) is 10.9 Å². The first-order valence-electron chi connectivity index (χ1n) is 9.07. The normalized spacial score (nSPS) is 10.8. The largest absolute Gasteiger partial charge is 0.494 e. The molecule has 0 aliphatic rings. The summed E-state index contributed by atoms with van der Waals surface area (Å²) < 4.78 is 5.51. The number of benzene rings is 1. The summed E-state index contributed by atoms with van der Waals surface area (Å²) in [5.41, 5.74) is 1.06. The van der Waals surface area contributed by atoms with Crippen molar-refractivity contribution in [1.82, 2.24) is 19.9 Å². The molecule has 8 nitrogen and oxygen atoms in total. The summed E-state index contributed by atoms with van der Waals surface area (Å²) in [5, 5.41) is 9.98. The number of fused-ring (bicyclic) bond motifs is 1. The molecule has 1 aromatic carbocycles. The Balaban J connectivity index is 1.92. The van der Waals surface area contributed by atoms with Crippen LogP contribution in [-0.4, -0.2) is 50.6 Å². The summed E-state index contributed by atoms with van der Waals surface area (Å²) in [4.78, 5) is 37.6. The molecule has 3 aromatic rings. The van der Waals surface area contributed by atoms with Crippen molar-refractivity contribution in [1.29, 1.82) is 0 Å². The zero-order valence-electron chi connectivity index (χ0n) is 15.6. The smallest absolute Gasteiger partial charge is 0.274 e. The van der Waals surface area contributed by atoms with E-state index in [1.807, 2.05) is 13.0 Å².